The molecule has 84 valence electrons. The summed E-state index contributed by atoms with van der Waals surface area (Å²) in [7, 11) is 0. The summed E-state index contributed by atoms with van der Waals surface area (Å²) in [5, 5.41) is 16.1. The van der Waals surface area contributed by atoms with Crippen LogP contribution in [0.5, 0.6) is 0 Å². The fourth-order valence-electron chi connectivity index (χ4n) is 0.438. The number of aliphatic hydroxyl groups excluding tert-OH is 1. The lowest BCUT2D eigenvalue weighted by molar-refractivity contribution is -0.152. The molecule has 14 heavy (non-hydrogen) atoms. The van der Waals surface area contributed by atoms with E-state index in [-0.39, 0.29) is 0 Å². The Labute approximate surface area is 83.7 Å². The molecule has 1 atom stereocenters. The molecule has 0 rings (SSSR count). The molecule has 0 aliphatic heterocycles. The van der Waals surface area contributed by atoms with Gasteiger partial charge in [0.15, 0.2) is 0 Å². The molecule has 0 fully saturated rings. The van der Waals surface area contributed by atoms with E-state index < -0.39 is 18.0 Å². The maximum absolute atomic E-state index is 10.5. The van der Waals surface area contributed by atoms with Crippen molar-refractivity contribution < 1.29 is 24.5 Å². The van der Waals surface area contributed by atoms with Crippen LogP contribution >= 0.6 is 0 Å². The van der Waals surface area contributed by atoms with Gasteiger partial charge in [-0.2, -0.15) is 0 Å². The van der Waals surface area contributed by atoms with Crippen LogP contribution in [-0.2, 0) is 14.3 Å². The third kappa shape index (κ3) is 17.1. The van der Waals surface area contributed by atoms with E-state index in [0.29, 0.717) is 6.61 Å². The molecule has 0 aromatic heterocycles. The zero-order chi connectivity index (χ0) is 11.6. The second-order valence-corrected chi connectivity index (χ2v) is 2.72. The number of aliphatic hydroxyl groups is 1. The van der Waals surface area contributed by atoms with Crippen molar-refractivity contribution in [3.63, 3.8) is 0 Å². The fourth-order valence-corrected chi connectivity index (χ4v) is 0.438. The quantitative estimate of drug-likeness (QED) is 0.525. The molecule has 1 unspecified atom stereocenters. The molecule has 2 N–H and O–H groups in total. The number of carboxylic acid groups (broad SMARTS) is 1. The summed E-state index contributed by atoms with van der Waals surface area (Å²) in [5.74, 6) is -1.37. The molecule has 0 aliphatic rings. The van der Waals surface area contributed by atoms with Gasteiger partial charge in [0.05, 0.1) is 6.61 Å². The Balaban J connectivity index is 0. The molecule has 0 radical (unpaired) electrons. The lowest BCUT2D eigenvalue weighted by atomic mass is 10.3. The lowest BCUT2D eigenvalue weighted by Gasteiger charge is -2.04. The number of carbonyl (C=O) groups excluding carboxylic acids is 1. The van der Waals surface area contributed by atoms with Crippen LogP contribution in [0.15, 0.2) is 0 Å². The number of hydrogen-bond acceptors (Lipinski definition) is 4. The summed E-state index contributed by atoms with van der Waals surface area (Å²) >= 11 is 0. The SMILES string of the molecule is CC(=O)O.CCCCOC(=O)C(C)O. The topological polar surface area (TPSA) is 83.8 Å². The van der Waals surface area contributed by atoms with E-state index in [1.54, 1.807) is 0 Å². The molecule has 0 aliphatic carbocycles. The van der Waals surface area contributed by atoms with Crippen molar-refractivity contribution in [3.8, 4) is 0 Å². The maximum Gasteiger partial charge on any atom is 0.334 e. The molecule has 0 aromatic carbocycles. The second kappa shape index (κ2) is 9.98. The number of unbranched alkanes of at least 4 members (excludes halogenated alkanes) is 1. The summed E-state index contributed by atoms with van der Waals surface area (Å²) < 4.78 is 4.65. The van der Waals surface area contributed by atoms with Crippen LogP contribution in [0.25, 0.3) is 0 Å². The number of hydrogen-bond donors (Lipinski definition) is 2. The molecule has 0 amide bonds. The van der Waals surface area contributed by atoms with Crippen molar-refractivity contribution in [3.05, 3.63) is 0 Å². The first kappa shape index (κ1) is 15.4. The predicted octanol–water partition coefficient (Wildman–Crippen LogP) is 0.801. The molecule has 0 spiro atoms. The fraction of sp³-hybridized carbons (Fsp3) is 0.778. The maximum atomic E-state index is 10.5. The second-order valence-electron chi connectivity index (χ2n) is 2.72. The minimum absolute atomic E-state index is 0.417. The van der Waals surface area contributed by atoms with Gasteiger partial charge in [0, 0.05) is 6.92 Å². The summed E-state index contributed by atoms with van der Waals surface area (Å²) in [5.41, 5.74) is 0. The van der Waals surface area contributed by atoms with Gasteiger partial charge < -0.3 is 14.9 Å². The summed E-state index contributed by atoms with van der Waals surface area (Å²) in [4.78, 5) is 19.5. The number of rotatable bonds is 4. The molecule has 0 heterocycles. The summed E-state index contributed by atoms with van der Waals surface area (Å²) in [6.07, 6.45) is 0.864. The zero-order valence-electron chi connectivity index (χ0n) is 8.82. The van der Waals surface area contributed by atoms with E-state index in [4.69, 9.17) is 15.0 Å². The Bertz CT molecular complexity index is 161. The first-order valence-corrected chi connectivity index (χ1v) is 4.46. The van der Waals surface area contributed by atoms with Crippen LogP contribution in [0.1, 0.15) is 33.6 Å². The monoisotopic (exact) mass is 206 g/mol. The van der Waals surface area contributed by atoms with E-state index in [2.05, 4.69) is 4.74 Å². The van der Waals surface area contributed by atoms with Gasteiger partial charge in [-0.05, 0) is 13.3 Å². The van der Waals surface area contributed by atoms with Gasteiger partial charge in [0.1, 0.15) is 6.10 Å². The van der Waals surface area contributed by atoms with Crippen molar-refractivity contribution in [2.75, 3.05) is 6.61 Å². The number of carboxylic acids is 1. The van der Waals surface area contributed by atoms with E-state index in [1.165, 1.54) is 6.92 Å². The highest BCUT2D eigenvalue weighted by Crippen LogP contribution is 1.91. The van der Waals surface area contributed by atoms with Crippen LogP contribution in [0.4, 0.5) is 0 Å². The average molecular weight is 206 g/mol. The van der Waals surface area contributed by atoms with Crippen LogP contribution in [0, 0.1) is 0 Å². The standard InChI is InChI=1S/C7H14O3.C2H4O2/c1-3-4-5-10-7(9)6(2)8;1-2(3)4/h6,8H,3-5H2,1-2H3;1H3,(H,3,4). The van der Waals surface area contributed by atoms with Gasteiger partial charge >= 0.3 is 5.97 Å². The number of carbonyl (C=O) groups is 2. The number of aliphatic carboxylic acids is 1. The van der Waals surface area contributed by atoms with Gasteiger partial charge in [-0.1, -0.05) is 13.3 Å². The van der Waals surface area contributed by atoms with Crippen LogP contribution in [0.3, 0.4) is 0 Å². The average Bonchev–Trinajstić information content (AvgIpc) is 2.03. The Kier molecular flexibility index (Phi) is 11.0. The van der Waals surface area contributed by atoms with E-state index in [1.807, 2.05) is 6.92 Å². The highest BCUT2D eigenvalue weighted by atomic mass is 16.5. The predicted molar refractivity (Wildman–Crippen MR) is 50.9 cm³/mol. The molecule has 5 heteroatoms. The van der Waals surface area contributed by atoms with Crippen molar-refractivity contribution in [2.24, 2.45) is 0 Å². The Morgan fingerprint density at radius 1 is 1.43 bits per heavy atom. The van der Waals surface area contributed by atoms with Crippen LogP contribution in [-0.4, -0.2) is 34.9 Å². The van der Waals surface area contributed by atoms with Gasteiger partial charge in [-0.15, -0.1) is 0 Å². The Morgan fingerprint density at radius 2 is 1.86 bits per heavy atom. The minimum Gasteiger partial charge on any atom is -0.481 e. The molecule has 0 bridgehead atoms. The first-order chi connectivity index (χ1) is 6.41. The molecule has 5 nitrogen and oxygen atoms in total. The van der Waals surface area contributed by atoms with E-state index >= 15 is 0 Å². The Morgan fingerprint density at radius 3 is 2.14 bits per heavy atom. The van der Waals surface area contributed by atoms with Gasteiger partial charge in [-0.3, -0.25) is 4.79 Å². The molecule has 0 saturated heterocycles. The number of ether oxygens (including phenoxy) is 1. The third-order valence-electron chi connectivity index (χ3n) is 1.08. The smallest absolute Gasteiger partial charge is 0.334 e. The lowest BCUT2D eigenvalue weighted by Crippen LogP contribution is -2.19. The molecular weight excluding hydrogens is 188 g/mol. The van der Waals surface area contributed by atoms with Gasteiger partial charge in [-0.25, -0.2) is 4.79 Å². The largest absolute Gasteiger partial charge is 0.481 e. The number of esters is 1. The summed E-state index contributed by atoms with van der Waals surface area (Å²) in [6, 6.07) is 0. The van der Waals surface area contributed by atoms with Crippen LogP contribution < -0.4 is 0 Å². The highest BCUT2D eigenvalue weighted by molar-refractivity contribution is 5.73. The van der Waals surface area contributed by atoms with E-state index in [0.717, 1.165) is 19.8 Å². The first-order valence-electron chi connectivity index (χ1n) is 4.46. The summed E-state index contributed by atoms with van der Waals surface area (Å²) in [6.45, 7) is 4.91. The van der Waals surface area contributed by atoms with E-state index in [9.17, 15) is 4.79 Å². The van der Waals surface area contributed by atoms with Crippen molar-refractivity contribution in [1.82, 2.24) is 0 Å². The molecule has 0 saturated carbocycles. The van der Waals surface area contributed by atoms with Gasteiger partial charge in [0.25, 0.3) is 5.97 Å². The normalized spacial score (nSPS) is 10.9. The molecule has 0 aromatic rings. The van der Waals surface area contributed by atoms with Crippen molar-refractivity contribution in [1.29, 1.82) is 0 Å². The molecular formula is C9H18O5. The zero-order valence-corrected chi connectivity index (χ0v) is 8.82. The highest BCUT2D eigenvalue weighted by Gasteiger charge is 2.08. The van der Waals surface area contributed by atoms with Crippen molar-refractivity contribution >= 4 is 11.9 Å². The Hall–Kier alpha value is -1.10. The minimum atomic E-state index is -0.989. The van der Waals surface area contributed by atoms with Gasteiger partial charge in [0.2, 0.25) is 0 Å². The third-order valence-corrected chi connectivity index (χ3v) is 1.08. The van der Waals surface area contributed by atoms with Crippen LogP contribution in [0.2, 0.25) is 0 Å². The van der Waals surface area contributed by atoms with Crippen molar-refractivity contribution in [2.45, 2.75) is 39.7 Å².